The number of nitro groups is 1. The van der Waals surface area contributed by atoms with Crippen LogP contribution in [0, 0.1) is 14.8 Å². The van der Waals surface area contributed by atoms with Crippen molar-refractivity contribution in [3.05, 3.63) is 31.5 Å². The van der Waals surface area contributed by atoms with Crippen LogP contribution in [0.5, 0.6) is 0 Å². The first kappa shape index (κ1) is 8.35. The molecule has 0 spiro atoms. The lowest BCUT2D eigenvalue weighted by Crippen LogP contribution is -1.90. The average Bonchev–Trinajstić information content (AvgIpc) is 1.94. The van der Waals surface area contributed by atoms with Crippen molar-refractivity contribution in [2.75, 3.05) is 0 Å². The highest BCUT2D eigenvalue weighted by Gasteiger charge is 2.07. The average molecular weight is 235 g/mol. The summed E-state index contributed by atoms with van der Waals surface area (Å²) < 4.78 is 0.746. The van der Waals surface area contributed by atoms with Crippen LogP contribution in [0.15, 0.2) is 16.7 Å². The zero-order chi connectivity index (χ0) is 8.43. The molecule has 0 unspecified atom stereocenters. The summed E-state index contributed by atoms with van der Waals surface area (Å²) in [6.07, 6.45) is 1.55. The van der Waals surface area contributed by atoms with Gasteiger partial charge >= 0.3 is 5.69 Å². The molecule has 0 aliphatic heterocycles. The monoisotopic (exact) mass is 234 g/mol. The lowest BCUT2D eigenvalue weighted by Gasteiger charge is -1.91. The van der Waals surface area contributed by atoms with Crippen LogP contribution in [0.25, 0.3) is 0 Å². The van der Waals surface area contributed by atoms with Gasteiger partial charge in [-0.1, -0.05) is 12.2 Å². The molecule has 0 amide bonds. The number of aromatic amines is 1. The standard InChI is InChI=1S/C5H3BrN2O2S/c6-3-1-4(8(9)10)5(11)7-2-3/h1-2H,(H,7,11). The summed E-state index contributed by atoms with van der Waals surface area (Å²) in [6.45, 7) is 0. The number of aromatic nitrogens is 1. The molecule has 0 aliphatic carbocycles. The highest BCUT2D eigenvalue weighted by molar-refractivity contribution is 9.10. The quantitative estimate of drug-likeness (QED) is 0.462. The minimum absolute atomic E-state index is 0.0885. The number of nitrogens with zero attached hydrogens (tertiary/aromatic N) is 1. The van der Waals surface area contributed by atoms with E-state index in [-0.39, 0.29) is 10.3 Å². The molecular weight excluding hydrogens is 232 g/mol. The third-order valence-corrected chi connectivity index (χ3v) is 1.83. The van der Waals surface area contributed by atoms with Gasteiger partial charge in [0.2, 0.25) is 0 Å². The van der Waals surface area contributed by atoms with E-state index in [0.717, 1.165) is 0 Å². The largest absolute Gasteiger partial charge is 0.346 e. The topological polar surface area (TPSA) is 58.9 Å². The zero-order valence-electron chi connectivity index (χ0n) is 5.20. The third kappa shape index (κ3) is 1.84. The Kier molecular flexibility index (Phi) is 2.35. The summed E-state index contributed by atoms with van der Waals surface area (Å²) >= 11 is 7.75. The molecule has 0 aromatic carbocycles. The number of nitrogens with one attached hydrogen (secondary N) is 1. The Hall–Kier alpha value is -0.750. The van der Waals surface area contributed by atoms with Crippen molar-refractivity contribution in [1.82, 2.24) is 4.98 Å². The molecule has 0 atom stereocenters. The second kappa shape index (κ2) is 3.10. The van der Waals surface area contributed by atoms with Gasteiger partial charge in [-0.25, -0.2) is 0 Å². The Morgan fingerprint density at radius 1 is 1.73 bits per heavy atom. The summed E-state index contributed by atoms with van der Waals surface area (Å²) in [5, 5.41) is 10.3. The molecule has 1 rings (SSSR count). The van der Waals surface area contributed by atoms with E-state index in [1.54, 1.807) is 6.20 Å². The Labute approximate surface area is 75.5 Å². The Morgan fingerprint density at radius 2 is 2.36 bits per heavy atom. The Balaban J connectivity index is 3.35. The van der Waals surface area contributed by atoms with Gasteiger partial charge in [0.1, 0.15) is 0 Å². The lowest BCUT2D eigenvalue weighted by molar-refractivity contribution is -0.385. The molecule has 1 N–H and O–H groups in total. The first-order valence-electron chi connectivity index (χ1n) is 2.64. The molecule has 0 aliphatic rings. The predicted molar refractivity (Wildman–Crippen MR) is 46.0 cm³/mol. The van der Waals surface area contributed by atoms with Gasteiger partial charge in [-0.2, -0.15) is 0 Å². The van der Waals surface area contributed by atoms with Crippen molar-refractivity contribution in [3.63, 3.8) is 0 Å². The van der Waals surface area contributed by atoms with Gasteiger partial charge in [0.25, 0.3) is 0 Å². The highest BCUT2D eigenvalue weighted by Crippen LogP contribution is 2.17. The van der Waals surface area contributed by atoms with Crippen LogP contribution in [0.4, 0.5) is 5.69 Å². The molecule has 1 aromatic rings. The number of hydrogen-bond acceptors (Lipinski definition) is 3. The van der Waals surface area contributed by atoms with Crippen LogP contribution in [-0.2, 0) is 0 Å². The number of pyridine rings is 1. The fourth-order valence-electron chi connectivity index (χ4n) is 0.582. The lowest BCUT2D eigenvalue weighted by atomic mass is 10.4. The first-order chi connectivity index (χ1) is 5.11. The molecule has 11 heavy (non-hydrogen) atoms. The first-order valence-corrected chi connectivity index (χ1v) is 3.84. The summed E-state index contributed by atoms with van der Waals surface area (Å²) in [5.41, 5.74) is -0.0885. The van der Waals surface area contributed by atoms with Crippen LogP contribution in [-0.4, -0.2) is 9.91 Å². The van der Waals surface area contributed by atoms with Crippen molar-refractivity contribution in [2.24, 2.45) is 0 Å². The summed E-state index contributed by atoms with van der Waals surface area (Å²) in [6, 6.07) is 1.36. The van der Waals surface area contributed by atoms with Crippen LogP contribution in [0.2, 0.25) is 0 Å². The van der Waals surface area contributed by atoms with Gasteiger partial charge in [-0.3, -0.25) is 10.1 Å². The van der Waals surface area contributed by atoms with E-state index < -0.39 is 4.92 Å². The van der Waals surface area contributed by atoms with Gasteiger partial charge in [0.15, 0.2) is 4.64 Å². The SMILES string of the molecule is O=[N+]([O-])c1cc(Br)c[nH]c1=S. The molecule has 0 saturated carbocycles. The van der Waals surface area contributed by atoms with E-state index >= 15 is 0 Å². The third-order valence-electron chi connectivity index (χ3n) is 1.05. The van der Waals surface area contributed by atoms with Gasteiger partial charge < -0.3 is 4.98 Å². The minimum Gasteiger partial charge on any atom is -0.346 e. The summed E-state index contributed by atoms with van der Waals surface area (Å²) in [7, 11) is 0. The molecule has 0 fully saturated rings. The van der Waals surface area contributed by atoms with Crippen molar-refractivity contribution < 1.29 is 4.92 Å². The van der Waals surface area contributed by atoms with Crippen molar-refractivity contribution in [1.29, 1.82) is 0 Å². The van der Waals surface area contributed by atoms with Gasteiger partial charge in [-0.05, 0) is 15.9 Å². The maximum atomic E-state index is 10.3. The van der Waals surface area contributed by atoms with E-state index in [4.69, 9.17) is 0 Å². The van der Waals surface area contributed by atoms with E-state index in [1.807, 2.05) is 0 Å². The van der Waals surface area contributed by atoms with Crippen LogP contribution >= 0.6 is 28.1 Å². The van der Waals surface area contributed by atoms with Crippen LogP contribution in [0.1, 0.15) is 0 Å². The number of rotatable bonds is 1. The maximum absolute atomic E-state index is 10.3. The molecule has 4 nitrogen and oxygen atoms in total. The molecule has 58 valence electrons. The maximum Gasteiger partial charge on any atom is 0.304 e. The minimum atomic E-state index is -0.524. The molecule has 0 radical (unpaired) electrons. The smallest absolute Gasteiger partial charge is 0.304 e. The molecule has 0 saturated heterocycles. The predicted octanol–water partition coefficient (Wildman–Crippen LogP) is 2.41. The van der Waals surface area contributed by atoms with E-state index in [0.29, 0.717) is 4.47 Å². The van der Waals surface area contributed by atoms with E-state index in [9.17, 15) is 10.1 Å². The summed E-state index contributed by atoms with van der Waals surface area (Å²) in [5.74, 6) is 0. The van der Waals surface area contributed by atoms with Gasteiger partial charge in [0, 0.05) is 16.7 Å². The van der Waals surface area contributed by atoms with Crippen molar-refractivity contribution in [3.8, 4) is 0 Å². The molecule has 0 bridgehead atoms. The normalized spacial score (nSPS) is 9.55. The van der Waals surface area contributed by atoms with Crippen LogP contribution < -0.4 is 0 Å². The number of hydrogen-bond donors (Lipinski definition) is 1. The van der Waals surface area contributed by atoms with Crippen molar-refractivity contribution >= 4 is 33.8 Å². The Morgan fingerprint density at radius 3 is 2.82 bits per heavy atom. The van der Waals surface area contributed by atoms with Gasteiger partial charge in [-0.15, -0.1) is 0 Å². The molecule has 1 heterocycles. The second-order valence-corrected chi connectivity index (χ2v) is 3.11. The highest BCUT2D eigenvalue weighted by atomic mass is 79.9. The van der Waals surface area contributed by atoms with Gasteiger partial charge in [0.05, 0.1) is 4.92 Å². The van der Waals surface area contributed by atoms with Crippen molar-refractivity contribution in [2.45, 2.75) is 0 Å². The molecule has 1 aromatic heterocycles. The number of H-pyrrole nitrogens is 1. The molecular formula is C5H3BrN2O2S. The summed E-state index contributed by atoms with van der Waals surface area (Å²) in [4.78, 5) is 12.3. The Bertz CT molecular complexity index is 349. The number of halogens is 1. The fraction of sp³-hybridized carbons (Fsp3) is 0. The van der Waals surface area contributed by atoms with E-state index in [1.165, 1.54) is 6.07 Å². The fourth-order valence-corrected chi connectivity index (χ4v) is 1.11. The van der Waals surface area contributed by atoms with E-state index in [2.05, 4.69) is 33.1 Å². The second-order valence-electron chi connectivity index (χ2n) is 1.79. The zero-order valence-corrected chi connectivity index (χ0v) is 7.61. The molecule has 6 heteroatoms. The van der Waals surface area contributed by atoms with Crippen LogP contribution in [0.3, 0.4) is 0 Å².